The van der Waals surface area contributed by atoms with Crippen molar-refractivity contribution in [1.29, 1.82) is 0 Å². The smallest absolute Gasteiger partial charge is 0.0704 e. The predicted molar refractivity (Wildman–Crippen MR) is 122 cm³/mol. The van der Waals surface area contributed by atoms with Crippen LogP contribution in [0.25, 0.3) is 0 Å². The standard InChI is InChI=1S/C23H47NO8/c1-2-3-8-25-9-10-26-11-12-27-13-14-28-15-16-29-17-18-30-19-20-31-21-22-32-23-4-6-24-7-5-23/h23-24H,2-22H2,1H3. The molecule has 0 aromatic carbocycles. The van der Waals surface area contributed by atoms with Crippen LogP contribution in [-0.2, 0) is 37.9 Å². The van der Waals surface area contributed by atoms with Crippen molar-refractivity contribution in [1.82, 2.24) is 5.32 Å². The van der Waals surface area contributed by atoms with Crippen molar-refractivity contribution in [2.75, 3.05) is 112 Å². The Kier molecular flexibility index (Phi) is 23.4. The van der Waals surface area contributed by atoms with Crippen LogP contribution in [0.3, 0.4) is 0 Å². The fourth-order valence-corrected chi connectivity index (χ4v) is 2.90. The summed E-state index contributed by atoms with van der Waals surface area (Å²) in [4.78, 5) is 0. The van der Waals surface area contributed by atoms with Gasteiger partial charge in [0.1, 0.15) is 0 Å². The molecule has 9 nitrogen and oxygen atoms in total. The summed E-state index contributed by atoms with van der Waals surface area (Å²) >= 11 is 0. The van der Waals surface area contributed by atoms with E-state index >= 15 is 0 Å². The van der Waals surface area contributed by atoms with Gasteiger partial charge in [0.15, 0.2) is 0 Å². The van der Waals surface area contributed by atoms with Crippen LogP contribution in [0.2, 0.25) is 0 Å². The monoisotopic (exact) mass is 465 g/mol. The summed E-state index contributed by atoms with van der Waals surface area (Å²) in [5.41, 5.74) is 0. The molecule has 0 aliphatic carbocycles. The molecule has 0 amide bonds. The summed E-state index contributed by atoms with van der Waals surface area (Å²) in [6.45, 7) is 13.2. The third kappa shape index (κ3) is 21.5. The highest BCUT2D eigenvalue weighted by Crippen LogP contribution is 2.06. The van der Waals surface area contributed by atoms with E-state index in [4.69, 9.17) is 37.9 Å². The first-order valence-corrected chi connectivity index (χ1v) is 12.3. The highest BCUT2D eigenvalue weighted by Gasteiger charge is 2.12. The molecule has 1 aliphatic rings. The Balaban J connectivity index is 1.62. The van der Waals surface area contributed by atoms with Crippen molar-refractivity contribution in [3.05, 3.63) is 0 Å². The Morgan fingerprint density at radius 1 is 0.500 bits per heavy atom. The number of unbranched alkanes of at least 4 members (excludes halogenated alkanes) is 1. The topological polar surface area (TPSA) is 85.9 Å². The molecular formula is C23H47NO8. The van der Waals surface area contributed by atoms with Gasteiger partial charge in [0.2, 0.25) is 0 Å². The number of hydrogen-bond donors (Lipinski definition) is 1. The Morgan fingerprint density at radius 2 is 0.844 bits per heavy atom. The maximum atomic E-state index is 5.77. The molecule has 0 spiro atoms. The van der Waals surface area contributed by atoms with Gasteiger partial charge in [0.05, 0.1) is 98.6 Å². The molecule has 1 rings (SSSR count). The van der Waals surface area contributed by atoms with Gasteiger partial charge in [-0.2, -0.15) is 0 Å². The van der Waals surface area contributed by atoms with E-state index in [-0.39, 0.29) is 0 Å². The third-order valence-electron chi connectivity index (χ3n) is 4.74. The van der Waals surface area contributed by atoms with E-state index in [2.05, 4.69) is 12.2 Å². The minimum absolute atomic E-state index is 0.384. The molecular weight excluding hydrogens is 418 g/mol. The zero-order chi connectivity index (χ0) is 22.8. The zero-order valence-corrected chi connectivity index (χ0v) is 20.2. The van der Waals surface area contributed by atoms with Crippen molar-refractivity contribution < 1.29 is 37.9 Å². The molecule has 0 saturated carbocycles. The lowest BCUT2D eigenvalue weighted by Gasteiger charge is -2.22. The lowest BCUT2D eigenvalue weighted by Crippen LogP contribution is -2.33. The lowest BCUT2D eigenvalue weighted by molar-refractivity contribution is -0.0313. The van der Waals surface area contributed by atoms with Gasteiger partial charge >= 0.3 is 0 Å². The van der Waals surface area contributed by atoms with Crippen molar-refractivity contribution in [2.45, 2.75) is 38.7 Å². The maximum Gasteiger partial charge on any atom is 0.0704 e. The first-order chi connectivity index (χ1) is 15.9. The normalized spacial score (nSPS) is 14.9. The van der Waals surface area contributed by atoms with Gasteiger partial charge in [-0.1, -0.05) is 13.3 Å². The highest BCUT2D eigenvalue weighted by atomic mass is 16.6. The molecule has 9 heteroatoms. The van der Waals surface area contributed by atoms with Gasteiger partial charge in [-0.05, 0) is 32.4 Å². The van der Waals surface area contributed by atoms with E-state index < -0.39 is 0 Å². The number of piperidine rings is 1. The zero-order valence-electron chi connectivity index (χ0n) is 20.2. The molecule has 0 radical (unpaired) electrons. The fourth-order valence-electron chi connectivity index (χ4n) is 2.90. The predicted octanol–water partition coefficient (Wildman–Crippen LogP) is 1.67. The summed E-state index contributed by atoms with van der Waals surface area (Å²) in [7, 11) is 0. The summed E-state index contributed by atoms with van der Waals surface area (Å²) in [6.07, 6.45) is 4.82. The first kappa shape index (κ1) is 29.7. The molecule has 0 atom stereocenters. The summed E-state index contributed by atoms with van der Waals surface area (Å²) < 4.78 is 44.0. The number of nitrogens with one attached hydrogen (secondary N) is 1. The van der Waals surface area contributed by atoms with E-state index in [0.717, 1.165) is 45.4 Å². The maximum absolute atomic E-state index is 5.77. The fraction of sp³-hybridized carbons (Fsp3) is 1.00. The average Bonchev–Trinajstić information content (AvgIpc) is 2.82. The molecule has 0 aromatic heterocycles. The Morgan fingerprint density at radius 3 is 1.22 bits per heavy atom. The van der Waals surface area contributed by atoms with Gasteiger partial charge in [-0.15, -0.1) is 0 Å². The quantitative estimate of drug-likeness (QED) is 0.202. The molecule has 0 aromatic rings. The van der Waals surface area contributed by atoms with E-state index in [1.807, 2.05) is 0 Å². The van der Waals surface area contributed by atoms with Crippen LogP contribution in [0, 0.1) is 0 Å². The molecule has 0 unspecified atom stereocenters. The summed E-state index contributed by atoms with van der Waals surface area (Å²) in [6, 6.07) is 0. The van der Waals surface area contributed by atoms with Crippen molar-refractivity contribution >= 4 is 0 Å². The van der Waals surface area contributed by atoms with Gasteiger partial charge in [-0.3, -0.25) is 0 Å². The number of hydrogen-bond acceptors (Lipinski definition) is 9. The van der Waals surface area contributed by atoms with E-state index in [9.17, 15) is 0 Å². The van der Waals surface area contributed by atoms with Crippen molar-refractivity contribution in [3.63, 3.8) is 0 Å². The van der Waals surface area contributed by atoms with E-state index in [0.29, 0.717) is 98.6 Å². The molecule has 1 heterocycles. The average molecular weight is 466 g/mol. The van der Waals surface area contributed by atoms with Crippen LogP contribution in [-0.4, -0.2) is 118 Å². The SMILES string of the molecule is CCCCOCCOCCOCCOCCOCCOCCOCCOC1CCNCC1. The molecule has 1 N–H and O–H groups in total. The van der Waals surface area contributed by atoms with Crippen LogP contribution >= 0.6 is 0 Å². The molecule has 1 aliphatic heterocycles. The van der Waals surface area contributed by atoms with Crippen LogP contribution in [0.5, 0.6) is 0 Å². The van der Waals surface area contributed by atoms with Crippen molar-refractivity contribution in [3.8, 4) is 0 Å². The van der Waals surface area contributed by atoms with Crippen LogP contribution in [0.15, 0.2) is 0 Å². The van der Waals surface area contributed by atoms with Gasteiger partial charge < -0.3 is 43.2 Å². The second-order valence-corrected chi connectivity index (χ2v) is 7.46. The molecule has 192 valence electrons. The second-order valence-electron chi connectivity index (χ2n) is 7.46. The minimum Gasteiger partial charge on any atom is -0.379 e. The lowest BCUT2D eigenvalue weighted by atomic mass is 10.1. The van der Waals surface area contributed by atoms with Gasteiger partial charge in [0.25, 0.3) is 0 Å². The largest absolute Gasteiger partial charge is 0.379 e. The summed E-state index contributed by atoms with van der Waals surface area (Å²) in [5.74, 6) is 0. The Hall–Kier alpha value is -0.360. The Labute approximate surface area is 194 Å². The van der Waals surface area contributed by atoms with Gasteiger partial charge in [-0.25, -0.2) is 0 Å². The van der Waals surface area contributed by atoms with Gasteiger partial charge in [0, 0.05) is 6.61 Å². The summed E-state index contributed by atoms with van der Waals surface area (Å²) in [5, 5.41) is 3.33. The first-order valence-electron chi connectivity index (χ1n) is 12.3. The highest BCUT2D eigenvalue weighted by molar-refractivity contribution is 4.67. The third-order valence-corrected chi connectivity index (χ3v) is 4.74. The number of ether oxygens (including phenoxy) is 8. The van der Waals surface area contributed by atoms with Crippen LogP contribution < -0.4 is 5.32 Å². The van der Waals surface area contributed by atoms with Crippen LogP contribution in [0.4, 0.5) is 0 Å². The minimum atomic E-state index is 0.384. The molecule has 32 heavy (non-hydrogen) atoms. The molecule has 0 bridgehead atoms. The molecule has 1 saturated heterocycles. The van der Waals surface area contributed by atoms with Crippen molar-refractivity contribution in [2.24, 2.45) is 0 Å². The van der Waals surface area contributed by atoms with Crippen LogP contribution in [0.1, 0.15) is 32.6 Å². The van der Waals surface area contributed by atoms with E-state index in [1.165, 1.54) is 0 Å². The van der Waals surface area contributed by atoms with E-state index in [1.54, 1.807) is 0 Å². The molecule has 1 fully saturated rings. The Bertz CT molecular complexity index is 359. The second kappa shape index (κ2) is 25.3. The number of rotatable bonds is 25.